The Kier molecular flexibility index (Phi) is 7.24. The van der Waals surface area contributed by atoms with E-state index in [0.29, 0.717) is 10.6 Å². The minimum atomic E-state index is -0.568. The van der Waals surface area contributed by atoms with Crippen molar-refractivity contribution >= 4 is 35.2 Å². The third kappa shape index (κ3) is 5.74. The molecular formula is C17H22ClNO3S. The minimum Gasteiger partial charge on any atom is -0.452 e. The summed E-state index contributed by atoms with van der Waals surface area (Å²) >= 11 is 7.54. The predicted octanol–water partition coefficient (Wildman–Crippen LogP) is 4.06. The zero-order valence-electron chi connectivity index (χ0n) is 13.3. The average molecular weight is 356 g/mol. The van der Waals surface area contributed by atoms with Gasteiger partial charge < -0.3 is 10.1 Å². The summed E-state index contributed by atoms with van der Waals surface area (Å²) < 4.78 is 5.10. The molecule has 0 radical (unpaired) electrons. The molecule has 0 spiro atoms. The fraction of sp³-hybridized carbons (Fsp3) is 0.529. The average Bonchev–Trinajstić information content (AvgIpc) is 2.81. The molecule has 1 aliphatic rings. The van der Waals surface area contributed by atoms with Crippen molar-refractivity contribution in [2.24, 2.45) is 0 Å². The van der Waals surface area contributed by atoms with Crippen molar-refractivity contribution < 1.29 is 14.3 Å². The van der Waals surface area contributed by atoms with Gasteiger partial charge in [-0.15, -0.1) is 11.8 Å². The number of esters is 1. The summed E-state index contributed by atoms with van der Waals surface area (Å²) in [5.74, 6) is -0.815. The highest BCUT2D eigenvalue weighted by atomic mass is 35.5. The third-order valence-electron chi connectivity index (χ3n) is 3.95. The lowest BCUT2D eigenvalue weighted by atomic mass is 10.1. The van der Waals surface area contributed by atoms with Gasteiger partial charge >= 0.3 is 5.97 Å². The monoisotopic (exact) mass is 355 g/mol. The van der Waals surface area contributed by atoms with E-state index in [1.165, 1.54) is 24.6 Å². The van der Waals surface area contributed by atoms with Crippen LogP contribution in [-0.4, -0.2) is 30.8 Å². The molecule has 6 heteroatoms. The highest BCUT2D eigenvalue weighted by molar-refractivity contribution is 7.98. The number of halogens is 1. The van der Waals surface area contributed by atoms with Crippen molar-refractivity contribution in [1.29, 1.82) is 0 Å². The number of hydrogen-bond acceptors (Lipinski definition) is 4. The lowest BCUT2D eigenvalue weighted by molar-refractivity contribution is -0.125. The Hall–Kier alpha value is -1.20. The predicted molar refractivity (Wildman–Crippen MR) is 93.1 cm³/mol. The largest absolute Gasteiger partial charge is 0.452 e. The van der Waals surface area contributed by atoms with Crippen LogP contribution < -0.4 is 5.32 Å². The maximum atomic E-state index is 12.1. The molecule has 0 heterocycles. The molecule has 1 aromatic rings. The fourth-order valence-corrected chi connectivity index (χ4v) is 3.32. The molecule has 23 heavy (non-hydrogen) atoms. The summed E-state index contributed by atoms with van der Waals surface area (Å²) in [6.07, 6.45) is 8.65. The highest BCUT2D eigenvalue weighted by Gasteiger charge is 2.17. The molecule has 1 aliphatic carbocycles. The first-order chi connectivity index (χ1) is 11.1. The van der Waals surface area contributed by atoms with Crippen LogP contribution in [0.25, 0.3) is 0 Å². The number of thioether (sulfide) groups is 1. The van der Waals surface area contributed by atoms with Crippen LogP contribution in [0, 0.1) is 0 Å². The van der Waals surface area contributed by atoms with E-state index in [1.54, 1.807) is 12.1 Å². The quantitative estimate of drug-likeness (QED) is 0.491. The second kappa shape index (κ2) is 9.18. The van der Waals surface area contributed by atoms with Crippen molar-refractivity contribution in [3.05, 3.63) is 28.8 Å². The van der Waals surface area contributed by atoms with Gasteiger partial charge in [0, 0.05) is 10.9 Å². The molecule has 2 rings (SSSR count). The van der Waals surface area contributed by atoms with Crippen LogP contribution in [0.4, 0.5) is 0 Å². The van der Waals surface area contributed by atoms with Crippen LogP contribution in [0.3, 0.4) is 0 Å². The third-order valence-corrected chi connectivity index (χ3v) is 5.00. The molecular weight excluding hydrogens is 334 g/mol. The standard InChI is InChI=1S/C17H22ClNO3S/c1-23-13-8-9-15(18)14(10-13)17(21)22-11-16(20)19-12-6-4-2-3-5-7-12/h8-10,12H,2-7,11H2,1H3,(H,19,20). The molecule has 0 unspecified atom stereocenters. The minimum absolute atomic E-state index is 0.201. The van der Waals surface area contributed by atoms with Crippen molar-refractivity contribution in [3.63, 3.8) is 0 Å². The number of carbonyl (C=O) groups excluding carboxylic acids is 2. The van der Waals surface area contributed by atoms with Crippen molar-refractivity contribution in [2.45, 2.75) is 49.5 Å². The number of hydrogen-bond donors (Lipinski definition) is 1. The number of ether oxygens (including phenoxy) is 1. The summed E-state index contributed by atoms with van der Waals surface area (Å²) in [7, 11) is 0. The zero-order valence-corrected chi connectivity index (χ0v) is 14.8. The molecule has 0 saturated heterocycles. The number of rotatable bonds is 5. The summed E-state index contributed by atoms with van der Waals surface area (Å²) in [6.45, 7) is -0.269. The Balaban J connectivity index is 1.84. The lowest BCUT2D eigenvalue weighted by Crippen LogP contribution is -2.37. The molecule has 126 valence electrons. The van der Waals surface area contributed by atoms with Crippen LogP contribution in [0.15, 0.2) is 23.1 Å². The molecule has 1 amide bonds. The van der Waals surface area contributed by atoms with E-state index in [-0.39, 0.29) is 18.6 Å². The molecule has 1 aromatic carbocycles. The highest BCUT2D eigenvalue weighted by Crippen LogP contribution is 2.23. The maximum absolute atomic E-state index is 12.1. The lowest BCUT2D eigenvalue weighted by Gasteiger charge is -2.16. The first kappa shape index (κ1) is 18.1. The molecule has 0 aromatic heterocycles. The second-order valence-corrected chi connectivity index (χ2v) is 6.96. The van der Waals surface area contributed by atoms with E-state index in [2.05, 4.69) is 5.32 Å². The van der Waals surface area contributed by atoms with Gasteiger partial charge in [-0.1, -0.05) is 37.3 Å². The normalized spacial score (nSPS) is 15.7. The van der Waals surface area contributed by atoms with Crippen molar-refractivity contribution in [3.8, 4) is 0 Å². The Labute approximate surface area is 146 Å². The Morgan fingerprint density at radius 3 is 2.61 bits per heavy atom. The summed E-state index contributed by atoms with van der Waals surface area (Å²) in [6, 6.07) is 5.38. The zero-order chi connectivity index (χ0) is 16.7. The van der Waals surface area contributed by atoms with E-state index in [9.17, 15) is 9.59 Å². The van der Waals surface area contributed by atoms with Gasteiger partial charge in [-0.3, -0.25) is 4.79 Å². The van der Waals surface area contributed by atoms with Crippen LogP contribution >= 0.6 is 23.4 Å². The molecule has 0 bridgehead atoms. The van der Waals surface area contributed by atoms with Gasteiger partial charge in [0.2, 0.25) is 0 Å². The fourth-order valence-electron chi connectivity index (χ4n) is 2.69. The van der Waals surface area contributed by atoms with E-state index in [4.69, 9.17) is 16.3 Å². The van der Waals surface area contributed by atoms with E-state index < -0.39 is 5.97 Å². The van der Waals surface area contributed by atoms with Gasteiger partial charge in [-0.05, 0) is 37.3 Å². The van der Waals surface area contributed by atoms with Gasteiger partial charge in [0.1, 0.15) is 0 Å². The molecule has 0 atom stereocenters. The van der Waals surface area contributed by atoms with Gasteiger partial charge in [0.15, 0.2) is 6.61 Å². The van der Waals surface area contributed by atoms with Crippen molar-refractivity contribution in [2.75, 3.05) is 12.9 Å². The summed E-state index contributed by atoms with van der Waals surface area (Å²) in [4.78, 5) is 25.0. The van der Waals surface area contributed by atoms with Gasteiger partial charge in [-0.2, -0.15) is 0 Å². The molecule has 0 aliphatic heterocycles. The van der Waals surface area contributed by atoms with Gasteiger partial charge in [0.05, 0.1) is 10.6 Å². The number of nitrogens with one attached hydrogen (secondary N) is 1. The Bertz CT molecular complexity index is 557. The van der Waals surface area contributed by atoms with E-state index >= 15 is 0 Å². The summed E-state index contributed by atoms with van der Waals surface area (Å²) in [5, 5.41) is 3.28. The van der Waals surface area contributed by atoms with E-state index in [1.807, 2.05) is 12.3 Å². The number of carbonyl (C=O) groups is 2. The SMILES string of the molecule is CSc1ccc(Cl)c(C(=O)OCC(=O)NC2CCCCCC2)c1. The Morgan fingerprint density at radius 1 is 1.26 bits per heavy atom. The van der Waals surface area contributed by atoms with Crippen LogP contribution in [0.2, 0.25) is 5.02 Å². The summed E-state index contributed by atoms with van der Waals surface area (Å²) in [5.41, 5.74) is 0.292. The molecule has 1 N–H and O–H groups in total. The first-order valence-electron chi connectivity index (χ1n) is 7.90. The Morgan fingerprint density at radius 2 is 1.96 bits per heavy atom. The topological polar surface area (TPSA) is 55.4 Å². The van der Waals surface area contributed by atoms with Crippen LogP contribution in [-0.2, 0) is 9.53 Å². The van der Waals surface area contributed by atoms with Crippen LogP contribution in [0.5, 0.6) is 0 Å². The smallest absolute Gasteiger partial charge is 0.340 e. The van der Waals surface area contributed by atoms with Crippen molar-refractivity contribution in [1.82, 2.24) is 5.32 Å². The van der Waals surface area contributed by atoms with Crippen LogP contribution in [0.1, 0.15) is 48.9 Å². The first-order valence-corrected chi connectivity index (χ1v) is 9.50. The second-order valence-electron chi connectivity index (χ2n) is 5.68. The van der Waals surface area contributed by atoms with Gasteiger partial charge in [-0.25, -0.2) is 4.79 Å². The number of amides is 1. The molecule has 4 nitrogen and oxygen atoms in total. The number of benzene rings is 1. The molecule has 1 saturated carbocycles. The molecule has 1 fully saturated rings. The maximum Gasteiger partial charge on any atom is 0.340 e. The van der Waals surface area contributed by atoms with E-state index in [0.717, 1.165) is 30.6 Å². The van der Waals surface area contributed by atoms with Gasteiger partial charge in [0.25, 0.3) is 5.91 Å².